The third kappa shape index (κ3) is 2.61. The summed E-state index contributed by atoms with van der Waals surface area (Å²) in [4.78, 5) is 10.5. The highest BCUT2D eigenvalue weighted by atomic mass is 16.3. The lowest BCUT2D eigenvalue weighted by Crippen LogP contribution is -2.30. The first-order valence-corrected chi connectivity index (χ1v) is 2.80. The van der Waals surface area contributed by atoms with Crippen molar-refractivity contribution in [3.05, 3.63) is 12.3 Å². The molecule has 0 amide bonds. The van der Waals surface area contributed by atoms with Crippen LogP contribution in [0.2, 0.25) is 0 Å². The topological polar surface area (TPSA) is 77.8 Å². The van der Waals surface area contributed by atoms with Crippen molar-refractivity contribution in [1.29, 1.82) is 0 Å². The fourth-order valence-electron chi connectivity index (χ4n) is 0.410. The first kappa shape index (κ1) is 9.13. The molecule has 2 atom stereocenters. The van der Waals surface area contributed by atoms with Gasteiger partial charge in [-0.3, -0.25) is 4.79 Å². The van der Waals surface area contributed by atoms with Gasteiger partial charge in [0, 0.05) is 6.08 Å². The van der Waals surface area contributed by atoms with Gasteiger partial charge in [0.1, 0.15) is 6.10 Å². The highest BCUT2D eigenvalue weighted by Gasteiger charge is 2.17. The fraction of sp³-hybridized carbons (Fsp3) is 0.500. The van der Waals surface area contributed by atoms with Gasteiger partial charge in [0.2, 0.25) is 0 Å². The Kier molecular flexibility index (Phi) is 3.68. The fourth-order valence-corrected chi connectivity index (χ4v) is 0.410. The summed E-state index contributed by atoms with van der Waals surface area (Å²) < 4.78 is 0. The Labute approximate surface area is 58.4 Å². The Balaban J connectivity index is 3.95. The number of hydrogen-bond donors (Lipinski definition) is 3. The summed E-state index contributed by atoms with van der Waals surface area (Å²) in [5.41, 5.74) is 0. The zero-order chi connectivity index (χ0) is 8.15. The second-order valence-corrected chi connectivity index (χ2v) is 1.90. The number of aliphatic hydroxyl groups is 3. The number of carbonyl (C=O) groups is 1. The maximum Gasteiger partial charge on any atom is 0.189 e. The summed E-state index contributed by atoms with van der Waals surface area (Å²) in [7, 11) is 0. The van der Waals surface area contributed by atoms with Crippen LogP contribution in [0.1, 0.15) is 6.92 Å². The predicted octanol–water partition coefficient (Wildman–Crippen LogP) is -0.631. The SMILES string of the molecule is C[C@H](O)[C@H](O)C(=O)/C=C/O. The van der Waals surface area contributed by atoms with E-state index in [1.165, 1.54) is 6.92 Å². The van der Waals surface area contributed by atoms with Crippen LogP contribution < -0.4 is 0 Å². The highest BCUT2D eigenvalue weighted by molar-refractivity contribution is 5.93. The second kappa shape index (κ2) is 4.03. The van der Waals surface area contributed by atoms with Gasteiger partial charge in [0.05, 0.1) is 12.4 Å². The van der Waals surface area contributed by atoms with Gasteiger partial charge in [0.15, 0.2) is 5.78 Å². The average Bonchev–Trinajstić information content (AvgIpc) is 1.87. The van der Waals surface area contributed by atoms with Crippen molar-refractivity contribution in [2.75, 3.05) is 0 Å². The lowest BCUT2D eigenvalue weighted by atomic mass is 10.1. The van der Waals surface area contributed by atoms with Gasteiger partial charge in [0.25, 0.3) is 0 Å². The van der Waals surface area contributed by atoms with Crippen molar-refractivity contribution in [3.8, 4) is 0 Å². The molecule has 0 aromatic carbocycles. The van der Waals surface area contributed by atoms with E-state index in [1.807, 2.05) is 0 Å². The monoisotopic (exact) mass is 146 g/mol. The van der Waals surface area contributed by atoms with Crippen LogP contribution in [0.5, 0.6) is 0 Å². The summed E-state index contributed by atoms with van der Waals surface area (Å²) in [6, 6.07) is 0. The smallest absolute Gasteiger partial charge is 0.189 e. The Morgan fingerprint density at radius 1 is 1.50 bits per heavy atom. The Bertz CT molecular complexity index is 139. The van der Waals surface area contributed by atoms with E-state index in [0.29, 0.717) is 6.26 Å². The van der Waals surface area contributed by atoms with Crippen LogP contribution in [0.25, 0.3) is 0 Å². The van der Waals surface area contributed by atoms with Gasteiger partial charge in [-0.15, -0.1) is 0 Å². The molecule has 0 radical (unpaired) electrons. The van der Waals surface area contributed by atoms with Gasteiger partial charge < -0.3 is 15.3 Å². The minimum absolute atomic E-state index is 0.522. The molecule has 0 aromatic heterocycles. The van der Waals surface area contributed by atoms with Crippen molar-refractivity contribution in [3.63, 3.8) is 0 Å². The quantitative estimate of drug-likeness (QED) is 0.366. The Hall–Kier alpha value is -0.870. The molecule has 0 aliphatic rings. The summed E-state index contributed by atoms with van der Waals surface area (Å²) in [6.07, 6.45) is -1.24. The van der Waals surface area contributed by atoms with Crippen molar-refractivity contribution < 1.29 is 20.1 Å². The molecule has 0 bridgehead atoms. The standard InChI is InChI=1S/C6H10O4/c1-4(8)6(10)5(9)2-3-7/h2-4,6-8,10H,1H3/b3-2+/t4-,6-/m0/s1. The zero-order valence-electron chi connectivity index (χ0n) is 5.56. The molecular weight excluding hydrogens is 136 g/mol. The third-order valence-electron chi connectivity index (χ3n) is 0.987. The number of aliphatic hydroxyl groups excluding tert-OH is 3. The number of rotatable bonds is 3. The molecule has 4 heteroatoms. The van der Waals surface area contributed by atoms with Crippen molar-refractivity contribution >= 4 is 5.78 Å². The van der Waals surface area contributed by atoms with Gasteiger partial charge in [-0.25, -0.2) is 0 Å². The van der Waals surface area contributed by atoms with Crippen molar-refractivity contribution in [1.82, 2.24) is 0 Å². The van der Waals surface area contributed by atoms with E-state index in [0.717, 1.165) is 6.08 Å². The van der Waals surface area contributed by atoms with Gasteiger partial charge in [-0.1, -0.05) is 0 Å². The normalized spacial score (nSPS) is 17.1. The summed E-state index contributed by atoms with van der Waals surface area (Å²) in [5, 5.41) is 25.5. The molecule has 0 aliphatic heterocycles. The van der Waals surface area contributed by atoms with E-state index in [9.17, 15) is 4.79 Å². The third-order valence-corrected chi connectivity index (χ3v) is 0.987. The van der Waals surface area contributed by atoms with E-state index in [4.69, 9.17) is 15.3 Å². The summed E-state index contributed by atoms with van der Waals surface area (Å²) >= 11 is 0. The summed E-state index contributed by atoms with van der Waals surface area (Å²) in [5.74, 6) is -0.711. The Morgan fingerprint density at radius 2 is 2.00 bits per heavy atom. The van der Waals surface area contributed by atoms with E-state index >= 15 is 0 Å². The molecule has 0 aromatic rings. The molecule has 0 fully saturated rings. The number of carbonyl (C=O) groups excluding carboxylic acids is 1. The van der Waals surface area contributed by atoms with E-state index < -0.39 is 18.0 Å². The number of hydrogen-bond acceptors (Lipinski definition) is 4. The first-order valence-electron chi connectivity index (χ1n) is 2.80. The van der Waals surface area contributed by atoms with Gasteiger partial charge >= 0.3 is 0 Å². The molecule has 0 unspecified atom stereocenters. The first-order chi connectivity index (χ1) is 4.59. The van der Waals surface area contributed by atoms with Crippen LogP contribution in [0.4, 0.5) is 0 Å². The van der Waals surface area contributed by atoms with Crippen molar-refractivity contribution in [2.24, 2.45) is 0 Å². The maximum absolute atomic E-state index is 10.5. The lowest BCUT2D eigenvalue weighted by molar-refractivity contribution is -0.127. The predicted molar refractivity (Wildman–Crippen MR) is 34.5 cm³/mol. The maximum atomic E-state index is 10.5. The average molecular weight is 146 g/mol. The van der Waals surface area contributed by atoms with Gasteiger partial charge in [-0.2, -0.15) is 0 Å². The molecule has 3 N–H and O–H groups in total. The second-order valence-electron chi connectivity index (χ2n) is 1.90. The zero-order valence-corrected chi connectivity index (χ0v) is 5.56. The van der Waals surface area contributed by atoms with Crippen LogP contribution >= 0.6 is 0 Å². The van der Waals surface area contributed by atoms with E-state index in [1.54, 1.807) is 0 Å². The van der Waals surface area contributed by atoms with E-state index in [2.05, 4.69) is 0 Å². The molecule has 0 heterocycles. The molecule has 0 aliphatic carbocycles. The van der Waals surface area contributed by atoms with Crippen LogP contribution in [0.3, 0.4) is 0 Å². The number of ketones is 1. The van der Waals surface area contributed by atoms with Crippen LogP contribution in [-0.4, -0.2) is 33.3 Å². The van der Waals surface area contributed by atoms with Crippen LogP contribution in [0.15, 0.2) is 12.3 Å². The molecule has 0 spiro atoms. The molecule has 10 heavy (non-hydrogen) atoms. The molecule has 4 nitrogen and oxygen atoms in total. The van der Waals surface area contributed by atoms with Gasteiger partial charge in [-0.05, 0) is 6.92 Å². The minimum Gasteiger partial charge on any atom is -0.515 e. The summed E-state index contributed by atoms with van der Waals surface area (Å²) in [6.45, 7) is 1.29. The van der Waals surface area contributed by atoms with Crippen molar-refractivity contribution in [2.45, 2.75) is 19.1 Å². The lowest BCUT2D eigenvalue weighted by Gasteiger charge is -2.08. The molecular formula is C6H10O4. The Morgan fingerprint density at radius 3 is 2.30 bits per heavy atom. The molecule has 0 rings (SSSR count). The van der Waals surface area contributed by atoms with Crippen LogP contribution in [0, 0.1) is 0 Å². The van der Waals surface area contributed by atoms with Crippen LogP contribution in [-0.2, 0) is 4.79 Å². The molecule has 58 valence electrons. The van der Waals surface area contributed by atoms with E-state index in [-0.39, 0.29) is 0 Å². The molecule has 0 saturated heterocycles. The molecule has 0 saturated carbocycles. The highest BCUT2D eigenvalue weighted by Crippen LogP contribution is 1.94. The largest absolute Gasteiger partial charge is 0.515 e. The minimum atomic E-state index is -1.44.